The van der Waals surface area contributed by atoms with Gasteiger partial charge in [0, 0.05) is 0 Å². The third kappa shape index (κ3) is 12.8. The van der Waals surface area contributed by atoms with Crippen LogP contribution in [0.15, 0.2) is 30.3 Å². The van der Waals surface area contributed by atoms with Crippen LogP contribution in [0.3, 0.4) is 0 Å². The number of carbonyl (C=O) groups is 3. The number of hydrogen-bond donors (Lipinski definition) is 2. The zero-order valence-corrected chi connectivity index (χ0v) is 19.8. The maximum Gasteiger partial charge on any atom is 0.331 e. The number of carboxylic acids is 1. The minimum atomic E-state index is -0.903. The Morgan fingerprint density at radius 1 is 1.03 bits per heavy atom. The second-order valence-electron chi connectivity index (χ2n) is 8.38. The van der Waals surface area contributed by atoms with E-state index in [9.17, 15) is 14.4 Å². The highest BCUT2D eigenvalue weighted by Gasteiger charge is 2.32. The highest BCUT2D eigenvalue weighted by Crippen LogP contribution is 2.14. The first-order valence-corrected chi connectivity index (χ1v) is 10.2. The number of methoxy groups -OCH3 is 1. The largest absolute Gasteiger partial charge is 0.481 e. The highest BCUT2D eigenvalue weighted by molar-refractivity contribution is 5.87. The molecule has 0 aromatic heterocycles. The van der Waals surface area contributed by atoms with Gasteiger partial charge in [0.15, 0.2) is 6.04 Å². The molecular weight excluding hydrogens is 402 g/mol. The summed E-state index contributed by atoms with van der Waals surface area (Å²) >= 11 is 0. The van der Waals surface area contributed by atoms with Gasteiger partial charge in [-0.3, -0.25) is 9.59 Å². The van der Waals surface area contributed by atoms with Crippen LogP contribution < -0.4 is 5.32 Å². The number of hydrogen-bond acceptors (Lipinski definition) is 6. The summed E-state index contributed by atoms with van der Waals surface area (Å²) in [5.41, 5.74) is 0.516. The molecule has 3 atom stereocenters. The molecule has 1 amide bonds. The standard InChI is InChI=1S/C19H29NO5.C4H8O2/c1-13(25-19(3,4)5)16(18(22)23-6)20-17(21)14(2)24-12-15-10-8-7-9-11-15;1-3(2)4(5)6/h7-11,13-14,16H,12H2,1-6H3,(H,20,21);3H,1-2H3,(H,5,6)/t13?,14?,16-;/m0./s1. The van der Waals surface area contributed by atoms with Crippen LogP contribution in [0.1, 0.15) is 54.0 Å². The Labute approximate surface area is 185 Å². The lowest BCUT2D eigenvalue weighted by atomic mass is 10.1. The molecule has 1 aromatic rings. The smallest absolute Gasteiger partial charge is 0.331 e. The van der Waals surface area contributed by atoms with Crippen LogP contribution in [0.4, 0.5) is 0 Å². The summed E-state index contributed by atoms with van der Waals surface area (Å²) in [5.74, 6) is -1.92. The molecule has 176 valence electrons. The Bertz CT molecular complexity index is 683. The Balaban J connectivity index is 0.00000131. The second kappa shape index (κ2) is 13.8. The van der Waals surface area contributed by atoms with Crippen LogP contribution in [0.5, 0.6) is 0 Å². The first-order chi connectivity index (χ1) is 14.3. The number of nitrogens with one attached hydrogen (secondary N) is 1. The number of aliphatic carboxylic acids is 1. The number of esters is 1. The topological polar surface area (TPSA) is 111 Å². The van der Waals surface area contributed by atoms with E-state index in [1.54, 1.807) is 27.7 Å². The zero-order chi connectivity index (χ0) is 24.2. The van der Waals surface area contributed by atoms with E-state index in [0.717, 1.165) is 5.56 Å². The summed E-state index contributed by atoms with van der Waals surface area (Å²) in [7, 11) is 1.28. The quantitative estimate of drug-likeness (QED) is 0.569. The predicted molar refractivity (Wildman–Crippen MR) is 117 cm³/mol. The molecular formula is C23H37NO7. The molecule has 0 bridgehead atoms. The van der Waals surface area contributed by atoms with Crippen molar-refractivity contribution < 1.29 is 33.7 Å². The average Bonchev–Trinajstić information content (AvgIpc) is 2.69. The van der Waals surface area contributed by atoms with Gasteiger partial charge in [-0.05, 0) is 40.2 Å². The molecule has 0 heterocycles. The first-order valence-electron chi connectivity index (χ1n) is 10.2. The first kappa shape index (κ1) is 28.5. The molecule has 0 aliphatic rings. The van der Waals surface area contributed by atoms with Crippen molar-refractivity contribution >= 4 is 17.8 Å². The summed E-state index contributed by atoms with van der Waals surface area (Å²) in [6.45, 7) is 12.6. The maximum atomic E-state index is 12.4. The molecule has 2 unspecified atom stereocenters. The van der Waals surface area contributed by atoms with Gasteiger partial charge in [0.2, 0.25) is 5.91 Å². The van der Waals surface area contributed by atoms with Crippen LogP contribution >= 0.6 is 0 Å². The van der Waals surface area contributed by atoms with Crippen molar-refractivity contribution in [2.24, 2.45) is 5.92 Å². The highest BCUT2D eigenvalue weighted by atomic mass is 16.5. The molecule has 0 spiro atoms. The van der Waals surface area contributed by atoms with E-state index in [1.165, 1.54) is 7.11 Å². The van der Waals surface area contributed by atoms with Gasteiger partial charge >= 0.3 is 11.9 Å². The molecule has 8 nitrogen and oxygen atoms in total. The van der Waals surface area contributed by atoms with Gasteiger partial charge in [-0.25, -0.2) is 4.79 Å². The Kier molecular flexibility index (Phi) is 12.7. The normalized spacial score (nSPS) is 14.0. The molecule has 1 aromatic carbocycles. The number of rotatable bonds is 9. The number of ether oxygens (including phenoxy) is 3. The maximum absolute atomic E-state index is 12.4. The molecule has 31 heavy (non-hydrogen) atoms. The fourth-order valence-corrected chi connectivity index (χ4v) is 2.26. The fourth-order valence-electron chi connectivity index (χ4n) is 2.26. The van der Waals surface area contributed by atoms with Gasteiger partial charge in [-0.2, -0.15) is 0 Å². The van der Waals surface area contributed by atoms with Crippen LogP contribution in [-0.2, 0) is 35.2 Å². The molecule has 0 aliphatic heterocycles. The van der Waals surface area contributed by atoms with Gasteiger partial charge in [0.1, 0.15) is 6.10 Å². The Morgan fingerprint density at radius 2 is 1.55 bits per heavy atom. The van der Waals surface area contributed by atoms with Gasteiger partial charge in [0.05, 0.1) is 31.3 Å². The number of carboxylic acid groups (broad SMARTS) is 1. The molecule has 0 saturated heterocycles. The van der Waals surface area contributed by atoms with Crippen molar-refractivity contribution in [1.82, 2.24) is 5.32 Å². The summed E-state index contributed by atoms with van der Waals surface area (Å²) in [4.78, 5) is 34.1. The molecule has 8 heteroatoms. The SMILES string of the molecule is CC(C)C(=O)O.COC(=O)[C@@H](NC(=O)C(C)OCc1ccccc1)C(C)OC(C)(C)C. The van der Waals surface area contributed by atoms with Crippen molar-refractivity contribution in [3.63, 3.8) is 0 Å². The van der Waals surface area contributed by atoms with Crippen molar-refractivity contribution in [2.45, 2.75) is 78.9 Å². The Hall–Kier alpha value is -2.45. The molecule has 2 N–H and O–H groups in total. The summed E-state index contributed by atoms with van der Waals surface area (Å²) < 4.78 is 16.1. The minimum Gasteiger partial charge on any atom is -0.481 e. The van der Waals surface area contributed by atoms with E-state index in [0.29, 0.717) is 6.61 Å². The monoisotopic (exact) mass is 439 g/mol. The van der Waals surface area contributed by atoms with Gasteiger partial charge in [-0.15, -0.1) is 0 Å². The lowest BCUT2D eigenvalue weighted by molar-refractivity contribution is -0.155. The lowest BCUT2D eigenvalue weighted by Crippen LogP contribution is -2.53. The van der Waals surface area contributed by atoms with E-state index >= 15 is 0 Å². The van der Waals surface area contributed by atoms with E-state index < -0.39 is 41.7 Å². The van der Waals surface area contributed by atoms with Crippen molar-refractivity contribution in [1.29, 1.82) is 0 Å². The molecule has 0 fully saturated rings. The number of benzene rings is 1. The van der Waals surface area contributed by atoms with Gasteiger partial charge in [0.25, 0.3) is 0 Å². The van der Waals surface area contributed by atoms with E-state index in [-0.39, 0.29) is 5.92 Å². The summed E-state index contributed by atoms with van der Waals surface area (Å²) in [6.07, 6.45) is -1.26. The molecule has 0 radical (unpaired) electrons. The average molecular weight is 440 g/mol. The van der Waals surface area contributed by atoms with E-state index in [4.69, 9.17) is 19.3 Å². The number of carbonyl (C=O) groups excluding carboxylic acids is 2. The summed E-state index contributed by atoms with van der Waals surface area (Å²) in [5, 5.41) is 10.7. The molecule has 1 rings (SSSR count). The van der Waals surface area contributed by atoms with Crippen LogP contribution in [0, 0.1) is 5.92 Å². The van der Waals surface area contributed by atoms with Crippen LogP contribution in [-0.4, -0.2) is 53.9 Å². The molecule has 0 saturated carbocycles. The second-order valence-corrected chi connectivity index (χ2v) is 8.38. The fraction of sp³-hybridized carbons (Fsp3) is 0.609. The van der Waals surface area contributed by atoms with E-state index in [1.807, 2.05) is 51.1 Å². The minimum absolute atomic E-state index is 0.231. The van der Waals surface area contributed by atoms with Gasteiger partial charge < -0.3 is 24.6 Å². The van der Waals surface area contributed by atoms with Gasteiger partial charge in [-0.1, -0.05) is 44.2 Å². The van der Waals surface area contributed by atoms with Crippen molar-refractivity contribution in [3.8, 4) is 0 Å². The number of amides is 1. The third-order valence-corrected chi connectivity index (χ3v) is 3.97. The Morgan fingerprint density at radius 3 is 1.97 bits per heavy atom. The summed E-state index contributed by atoms with van der Waals surface area (Å²) in [6, 6.07) is 8.66. The zero-order valence-electron chi connectivity index (χ0n) is 19.8. The van der Waals surface area contributed by atoms with Crippen molar-refractivity contribution in [3.05, 3.63) is 35.9 Å². The molecule has 0 aliphatic carbocycles. The van der Waals surface area contributed by atoms with Crippen LogP contribution in [0.2, 0.25) is 0 Å². The predicted octanol–water partition coefficient (Wildman–Crippen LogP) is 3.18. The third-order valence-electron chi connectivity index (χ3n) is 3.97. The van der Waals surface area contributed by atoms with E-state index in [2.05, 4.69) is 5.32 Å². The lowest BCUT2D eigenvalue weighted by Gasteiger charge is -2.30. The van der Waals surface area contributed by atoms with Crippen LogP contribution in [0.25, 0.3) is 0 Å². The van der Waals surface area contributed by atoms with Crippen molar-refractivity contribution in [2.75, 3.05) is 7.11 Å².